The van der Waals surface area contributed by atoms with Gasteiger partial charge in [-0.05, 0) is 19.1 Å². The van der Waals surface area contributed by atoms with Crippen molar-refractivity contribution in [1.82, 2.24) is 15.6 Å². The average Bonchev–Trinajstić information content (AvgIpc) is 3.08. The standard InChI is InChI=1S/C15H22N4O4/c1-12(17-18-15(21)13-3-2-8-23-13)11-14(20)16-4-5-19-6-9-22-10-7-19/h2-3,8H,4-7,9-11H2,1H3,(H,16,20)(H,18,21)/b17-12-. The summed E-state index contributed by atoms with van der Waals surface area (Å²) in [5, 5.41) is 6.73. The second kappa shape index (κ2) is 9.06. The number of hydrazone groups is 1. The Balaban J connectivity index is 1.63. The predicted molar refractivity (Wildman–Crippen MR) is 84.2 cm³/mol. The van der Waals surface area contributed by atoms with Gasteiger partial charge in [0, 0.05) is 31.9 Å². The van der Waals surface area contributed by atoms with Crippen molar-refractivity contribution in [3.8, 4) is 0 Å². The van der Waals surface area contributed by atoms with Gasteiger partial charge in [-0.3, -0.25) is 14.5 Å². The van der Waals surface area contributed by atoms with Crippen LogP contribution in [0, 0.1) is 0 Å². The van der Waals surface area contributed by atoms with Gasteiger partial charge in [0.25, 0.3) is 0 Å². The zero-order valence-electron chi connectivity index (χ0n) is 13.2. The molecule has 2 rings (SSSR count). The van der Waals surface area contributed by atoms with Crippen molar-refractivity contribution in [3.63, 3.8) is 0 Å². The normalized spacial score (nSPS) is 16.1. The third-order valence-electron chi connectivity index (χ3n) is 3.36. The largest absolute Gasteiger partial charge is 0.459 e. The summed E-state index contributed by atoms with van der Waals surface area (Å²) < 4.78 is 10.2. The highest BCUT2D eigenvalue weighted by Gasteiger charge is 2.11. The summed E-state index contributed by atoms with van der Waals surface area (Å²) >= 11 is 0. The van der Waals surface area contributed by atoms with Crippen LogP contribution in [-0.2, 0) is 9.53 Å². The Kier molecular flexibility index (Phi) is 6.76. The number of nitrogens with one attached hydrogen (secondary N) is 2. The number of morpholine rings is 1. The molecule has 2 N–H and O–H groups in total. The number of amides is 2. The Labute approximate surface area is 134 Å². The number of carbonyl (C=O) groups is 2. The molecule has 1 aromatic heterocycles. The topological polar surface area (TPSA) is 96.2 Å². The molecule has 0 aromatic carbocycles. The quantitative estimate of drug-likeness (QED) is 0.553. The molecule has 1 aliphatic heterocycles. The fourth-order valence-electron chi connectivity index (χ4n) is 2.12. The van der Waals surface area contributed by atoms with Crippen molar-refractivity contribution in [1.29, 1.82) is 0 Å². The zero-order chi connectivity index (χ0) is 16.5. The monoisotopic (exact) mass is 322 g/mol. The molecular weight excluding hydrogens is 300 g/mol. The highest BCUT2D eigenvalue weighted by Crippen LogP contribution is 1.99. The van der Waals surface area contributed by atoms with Gasteiger partial charge in [0.2, 0.25) is 5.91 Å². The van der Waals surface area contributed by atoms with Gasteiger partial charge in [-0.15, -0.1) is 0 Å². The summed E-state index contributed by atoms with van der Waals surface area (Å²) in [6.07, 6.45) is 1.55. The van der Waals surface area contributed by atoms with Gasteiger partial charge < -0.3 is 14.5 Å². The van der Waals surface area contributed by atoms with E-state index in [0.717, 1.165) is 32.8 Å². The fourth-order valence-corrected chi connectivity index (χ4v) is 2.12. The number of hydrogen-bond acceptors (Lipinski definition) is 6. The van der Waals surface area contributed by atoms with Gasteiger partial charge in [0.1, 0.15) is 0 Å². The van der Waals surface area contributed by atoms with Gasteiger partial charge >= 0.3 is 5.91 Å². The zero-order valence-corrected chi connectivity index (χ0v) is 13.2. The molecule has 0 saturated carbocycles. The van der Waals surface area contributed by atoms with Crippen molar-refractivity contribution in [3.05, 3.63) is 24.2 Å². The number of hydrogen-bond donors (Lipinski definition) is 2. The van der Waals surface area contributed by atoms with E-state index in [-0.39, 0.29) is 18.1 Å². The molecule has 23 heavy (non-hydrogen) atoms. The molecule has 8 heteroatoms. The van der Waals surface area contributed by atoms with E-state index in [1.807, 2.05) is 0 Å². The number of carbonyl (C=O) groups excluding carboxylic acids is 2. The average molecular weight is 322 g/mol. The first kappa shape index (κ1) is 17.2. The summed E-state index contributed by atoms with van der Waals surface area (Å²) in [7, 11) is 0. The van der Waals surface area contributed by atoms with Crippen LogP contribution in [0.1, 0.15) is 23.9 Å². The van der Waals surface area contributed by atoms with E-state index in [1.54, 1.807) is 19.1 Å². The Morgan fingerprint density at radius 2 is 2.13 bits per heavy atom. The van der Waals surface area contributed by atoms with Crippen molar-refractivity contribution in [2.24, 2.45) is 5.10 Å². The van der Waals surface area contributed by atoms with Crippen LogP contribution < -0.4 is 10.7 Å². The maximum atomic E-state index is 11.8. The first-order chi connectivity index (χ1) is 11.1. The molecule has 0 atom stereocenters. The molecule has 0 spiro atoms. The summed E-state index contributed by atoms with van der Waals surface area (Å²) in [5.41, 5.74) is 2.87. The predicted octanol–water partition coefficient (Wildman–Crippen LogP) is 0.224. The van der Waals surface area contributed by atoms with Crippen LogP contribution in [0.5, 0.6) is 0 Å². The van der Waals surface area contributed by atoms with Crippen LogP contribution in [-0.4, -0.2) is 61.8 Å². The second-order valence-electron chi connectivity index (χ2n) is 5.25. The molecule has 2 amide bonds. The first-order valence-electron chi connectivity index (χ1n) is 7.59. The smallest absolute Gasteiger partial charge is 0.307 e. The maximum Gasteiger partial charge on any atom is 0.307 e. The number of nitrogens with zero attached hydrogens (tertiary/aromatic N) is 2. The van der Waals surface area contributed by atoms with E-state index in [2.05, 4.69) is 20.7 Å². The molecular formula is C15H22N4O4. The van der Waals surface area contributed by atoms with Crippen LogP contribution in [0.2, 0.25) is 0 Å². The summed E-state index contributed by atoms with van der Waals surface area (Å²) in [6, 6.07) is 3.16. The van der Waals surface area contributed by atoms with E-state index in [1.165, 1.54) is 6.26 Å². The number of furan rings is 1. The van der Waals surface area contributed by atoms with Gasteiger partial charge in [0.05, 0.1) is 25.9 Å². The minimum atomic E-state index is -0.443. The van der Waals surface area contributed by atoms with Crippen molar-refractivity contribution in [2.45, 2.75) is 13.3 Å². The fraction of sp³-hybridized carbons (Fsp3) is 0.533. The van der Waals surface area contributed by atoms with Crippen LogP contribution in [0.25, 0.3) is 0 Å². The van der Waals surface area contributed by atoms with Gasteiger partial charge in [-0.1, -0.05) is 0 Å². The van der Waals surface area contributed by atoms with Crippen LogP contribution >= 0.6 is 0 Å². The highest BCUT2D eigenvalue weighted by atomic mass is 16.5. The summed E-state index contributed by atoms with van der Waals surface area (Å²) in [4.78, 5) is 25.7. The molecule has 1 saturated heterocycles. The third-order valence-corrected chi connectivity index (χ3v) is 3.36. The maximum absolute atomic E-state index is 11.8. The van der Waals surface area contributed by atoms with Gasteiger partial charge in [-0.25, -0.2) is 5.43 Å². The molecule has 126 valence electrons. The van der Waals surface area contributed by atoms with E-state index < -0.39 is 5.91 Å². The molecule has 1 aromatic rings. The Bertz CT molecular complexity index is 536. The van der Waals surface area contributed by atoms with Crippen LogP contribution in [0.4, 0.5) is 0 Å². The summed E-state index contributed by atoms with van der Waals surface area (Å²) in [6.45, 7) is 6.36. The highest BCUT2D eigenvalue weighted by molar-refractivity contribution is 6.00. The Morgan fingerprint density at radius 3 is 2.83 bits per heavy atom. The molecule has 0 unspecified atom stereocenters. The lowest BCUT2D eigenvalue weighted by Gasteiger charge is -2.26. The third kappa shape index (κ3) is 6.21. The summed E-state index contributed by atoms with van der Waals surface area (Å²) in [5.74, 6) is -0.384. The van der Waals surface area contributed by atoms with E-state index >= 15 is 0 Å². The van der Waals surface area contributed by atoms with Crippen molar-refractivity contribution < 1.29 is 18.7 Å². The lowest BCUT2D eigenvalue weighted by molar-refractivity contribution is -0.120. The molecule has 1 aliphatic rings. The lowest BCUT2D eigenvalue weighted by atomic mass is 10.3. The van der Waals surface area contributed by atoms with Gasteiger partial charge in [0.15, 0.2) is 5.76 Å². The molecule has 2 heterocycles. The van der Waals surface area contributed by atoms with Crippen molar-refractivity contribution >= 4 is 17.5 Å². The van der Waals surface area contributed by atoms with Crippen LogP contribution in [0.3, 0.4) is 0 Å². The van der Waals surface area contributed by atoms with E-state index in [4.69, 9.17) is 9.15 Å². The van der Waals surface area contributed by atoms with Crippen molar-refractivity contribution in [2.75, 3.05) is 39.4 Å². The molecule has 0 aliphatic carbocycles. The Morgan fingerprint density at radius 1 is 1.35 bits per heavy atom. The van der Waals surface area contributed by atoms with Crippen LogP contribution in [0.15, 0.2) is 27.9 Å². The molecule has 1 fully saturated rings. The first-order valence-corrected chi connectivity index (χ1v) is 7.59. The minimum Gasteiger partial charge on any atom is -0.459 e. The Hall–Kier alpha value is -2.19. The minimum absolute atomic E-state index is 0.119. The molecule has 0 bridgehead atoms. The SMILES string of the molecule is C/C(CC(=O)NCCN1CCOCC1)=N/NC(=O)c1ccco1. The molecule has 0 radical (unpaired) electrons. The number of ether oxygens (including phenoxy) is 1. The van der Waals surface area contributed by atoms with E-state index in [9.17, 15) is 9.59 Å². The molecule has 8 nitrogen and oxygen atoms in total. The number of rotatable bonds is 7. The van der Waals surface area contributed by atoms with E-state index in [0.29, 0.717) is 12.3 Å². The second-order valence-corrected chi connectivity index (χ2v) is 5.25. The van der Waals surface area contributed by atoms with Gasteiger partial charge in [-0.2, -0.15) is 5.10 Å². The lowest BCUT2D eigenvalue weighted by Crippen LogP contribution is -2.41.